The second kappa shape index (κ2) is 6.33. The summed E-state index contributed by atoms with van der Waals surface area (Å²) in [5.74, 6) is 1.35. The van der Waals surface area contributed by atoms with Crippen molar-refractivity contribution in [2.75, 3.05) is 39.6 Å². The maximum atomic E-state index is 11.4. The molecule has 0 aromatic carbocycles. The van der Waals surface area contributed by atoms with Crippen LogP contribution in [0, 0.1) is 5.92 Å². The van der Waals surface area contributed by atoms with Gasteiger partial charge in [0.05, 0.1) is 0 Å². The molecule has 0 radical (unpaired) electrons. The molecule has 1 aliphatic heterocycles. The van der Waals surface area contributed by atoms with Crippen LogP contribution >= 0.6 is 11.6 Å². The Kier molecular flexibility index (Phi) is 5.40. The zero-order valence-electron chi connectivity index (χ0n) is 9.71. The first-order valence-corrected chi connectivity index (χ1v) is 6.15. The quantitative estimate of drug-likeness (QED) is 0.670. The lowest BCUT2D eigenvalue weighted by molar-refractivity contribution is -0.129. The predicted octanol–water partition coefficient (Wildman–Crippen LogP) is 1.42. The minimum atomic E-state index is 0.163. The second-order valence-corrected chi connectivity index (χ2v) is 4.84. The van der Waals surface area contributed by atoms with Gasteiger partial charge in [-0.2, -0.15) is 0 Å². The number of carbonyl (C=O) groups is 1. The fourth-order valence-corrected chi connectivity index (χ4v) is 2.20. The first-order valence-electron chi connectivity index (χ1n) is 5.62. The van der Waals surface area contributed by atoms with E-state index in [1.54, 1.807) is 4.90 Å². The van der Waals surface area contributed by atoms with E-state index in [4.69, 9.17) is 11.6 Å². The lowest BCUT2D eigenvalue weighted by atomic mass is 10.0. The molecule has 88 valence electrons. The van der Waals surface area contributed by atoms with E-state index in [1.807, 2.05) is 7.05 Å². The second-order valence-electron chi connectivity index (χ2n) is 4.46. The highest BCUT2D eigenvalue weighted by Crippen LogP contribution is 2.18. The van der Waals surface area contributed by atoms with Gasteiger partial charge in [-0.25, -0.2) is 0 Å². The molecule has 0 spiro atoms. The van der Waals surface area contributed by atoms with Gasteiger partial charge in [-0.3, -0.25) is 4.79 Å². The van der Waals surface area contributed by atoms with Gasteiger partial charge < -0.3 is 9.80 Å². The summed E-state index contributed by atoms with van der Waals surface area (Å²) >= 11 is 5.53. The van der Waals surface area contributed by atoms with E-state index in [9.17, 15) is 4.79 Å². The summed E-state index contributed by atoms with van der Waals surface area (Å²) < 4.78 is 0. The molecule has 1 aliphatic rings. The lowest BCUT2D eigenvalue weighted by Gasteiger charge is -2.19. The van der Waals surface area contributed by atoms with Crippen molar-refractivity contribution in [2.24, 2.45) is 5.92 Å². The monoisotopic (exact) mass is 232 g/mol. The number of hydrogen-bond acceptors (Lipinski definition) is 2. The number of alkyl halides is 1. The lowest BCUT2D eigenvalue weighted by Crippen LogP contribution is -2.29. The van der Waals surface area contributed by atoms with E-state index >= 15 is 0 Å². The van der Waals surface area contributed by atoms with Crippen LogP contribution in [0.3, 0.4) is 0 Å². The van der Waals surface area contributed by atoms with Crippen molar-refractivity contribution in [3.8, 4) is 0 Å². The van der Waals surface area contributed by atoms with Crippen LogP contribution in [0.1, 0.15) is 19.3 Å². The van der Waals surface area contributed by atoms with Crippen molar-refractivity contribution in [3.63, 3.8) is 0 Å². The van der Waals surface area contributed by atoms with Gasteiger partial charge in [-0.05, 0) is 32.4 Å². The van der Waals surface area contributed by atoms with Crippen molar-refractivity contribution in [3.05, 3.63) is 0 Å². The molecule has 0 aromatic rings. The number of rotatable bonds is 5. The third-order valence-electron chi connectivity index (χ3n) is 3.10. The molecule has 1 atom stereocenters. The van der Waals surface area contributed by atoms with Crippen LogP contribution in [0.2, 0.25) is 0 Å². The van der Waals surface area contributed by atoms with Gasteiger partial charge in [0, 0.05) is 32.4 Å². The Hall–Kier alpha value is -0.280. The van der Waals surface area contributed by atoms with Crippen molar-refractivity contribution in [2.45, 2.75) is 19.3 Å². The molecule has 0 bridgehead atoms. The molecule has 1 rings (SSSR count). The van der Waals surface area contributed by atoms with E-state index in [2.05, 4.69) is 11.9 Å². The van der Waals surface area contributed by atoms with E-state index in [0.717, 1.165) is 18.9 Å². The van der Waals surface area contributed by atoms with Crippen LogP contribution in [0.5, 0.6) is 0 Å². The summed E-state index contributed by atoms with van der Waals surface area (Å²) in [5.41, 5.74) is 0. The molecule has 1 amide bonds. The number of amides is 1. The Labute approximate surface area is 97.4 Å². The zero-order valence-corrected chi connectivity index (χ0v) is 10.5. The Balaban J connectivity index is 2.16. The SMILES string of the molecule is CN1CCC(CCN(C)C(=O)CCCl)C1. The summed E-state index contributed by atoms with van der Waals surface area (Å²) in [7, 11) is 4.02. The summed E-state index contributed by atoms with van der Waals surface area (Å²) in [4.78, 5) is 15.6. The Morgan fingerprint density at radius 1 is 1.60 bits per heavy atom. The first-order chi connectivity index (χ1) is 7.13. The van der Waals surface area contributed by atoms with Gasteiger partial charge >= 0.3 is 0 Å². The van der Waals surface area contributed by atoms with Crippen molar-refractivity contribution >= 4 is 17.5 Å². The highest BCUT2D eigenvalue weighted by atomic mass is 35.5. The first kappa shape index (κ1) is 12.8. The molecule has 0 aromatic heterocycles. The largest absolute Gasteiger partial charge is 0.346 e. The fraction of sp³-hybridized carbons (Fsp3) is 0.909. The van der Waals surface area contributed by atoms with Crippen molar-refractivity contribution in [1.29, 1.82) is 0 Å². The van der Waals surface area contributed by atoms with Crippen LogP contribution in [-0.4, -0.2) is 55.3 Å². The Bertz CT molecular complexity index is 211. The molecule has 0 aliphatic carbocycles. The number of nitrogens with zero attached hydrogens (tertiary/aromatic N) is 2. The molecular formula is C11H21ClN2O. The average Bonchev–Trinajstić information content (AvgIpc) is 2.61. The third kappa shape index (κ3) is 4.39. The van der Waals surface area contributed by atoms with Gasteiger partial charge in [0.2, 0.25) is 5.91 Å². The zero-order chi connectivity index (χ0) is 11.3. The van der Waals surface area contributed by atoms with E-state index in [-0.39, 0.29) is 5.91 Å². The molecule has 1 unspecified atom stereocenters. The molecule has 1 saturated heterocycles. The minimum Gasteiger partial charge on any atom is -0.346 e. The predicted molar refractivity (Wildman–Crippen MR) is 63.2 cm³/mol. The van der Waals surface area contributed by atoms with Gasteiger partial charge in [0.1, 0.15) is 0 Å². The number of carbonyl (C=O) groups excluding carboxylic acids is 1. The average molecular weight is 233 g/mol. The summed E-state index contributed by atoms with van der Waals surface area (Å²) in [6, 6.07) is 0. The standard InChI is InChI=1S/C11H21ClN2O/c1-13-7-4-10(9-13)5-8-14(2)11(15)3-6-12/h10H,3-9H2,1-2H3. The number of halogens is 1. The van der Waals surface area contributed by atoms with E-state index in [1.165, 1.54) is 19.5 Å². The Morgan fingerprint density at radius 2 is 2.33 bits per heavy atom. The van der Waals surface area contributed by atoms with Crippen LogP contribution in [0.4, 0.5) is 0 Å². The van der Waals surface area contributed by atoms with Crippen molar-refractivity contribution in [1.82, 2.24) is 9.80 Å². The smallest absolute Gasteiger partial charge is 0.223 e. The van der Waals surface area contributed by atoms with Crippen LogP contribution in [0.15, 0.2) is 0 Å². The molecule has 1 heterocycles. The van der Waals surface area contributed by atoms with Crippen LogP contribution in [-0.2, 0) is 4.79 Å². The maximum Gasteiger partial charge on any atom is 0.223 e. The van der Waals surface area contributed by atoms with E-state index < -0.39 is 0 Å². The molecule has 0 saturated carbocycles. The van der Waals surface area contributed by atoms with Crippen LogP contribution in [0.25, 0.3) is 0 Å². The minimum absolute atomic E-state index is 0.163. The van der Waals surface area contributed by atoms with Gasteiger partial charge in [-0.15, -0.1) is 11.6 Å². The maximum absolute atomic E-state index is 11.4. The van der Waals surface area contributed by atoms with E-state index in [0.29, 0.717) is 12.3 Å². The summed E-state index contributed by atoms with van der Waals surface area (Å²) in [6.45, 7) is 3.25. The normalized spacial score (nSPS) is 21.9. The molecular weight excluding hydrogens is 212 g/mol. The summed E-state index contributed by atoms with van der Waals surface area (Å²) in [6.07, 6.45) is 2.85. The van der Waals surface area contributed by atoms with Gasteiger partial charge in [0.15, 0.2) is 0 Å². The summed E-state index contributed by atoms with van der Waals surface area (Å²) in [5, 5.41) is 0. The number of likely N-dealkylation sites (tertiary alicyclic amines) is 1. The van der Waals surface area contributed by atoms with Gasteiger partial charge in [-0.1, -0.05) is 0 Å². The highest BCUT2D eigenvalue weighted by Gasteiger charge is 2.20. The molecule has 0 N–H and O–H groups in total. The number of hydrogen-bond donors (Lipinski definition) is 0. The molecule has 15 heavy (non-hydrogen) atoms. The molecule has 1 fully saturated rings. The third-order valence-corrected chi connectivity index (χ3v) is 3.28. The Morgan fingerprint density at radius 3 is 2.87 bits per heavy atom. The fourth-order valence-electron chi connectivity index (χ4n) is 2.03. The molecule has 3 nitrogen and oxygen atoms in total. The molecule has 4 heteroatoms. The van der Waals surface area contributed by atoms with Crippen LogP contribution < -0.4 is 0 Å². The highest BCUT2D eigenvalue weighted by molar-refractivity contribution is 6.18. The van der Waals surface area contributed by atoms with Gasteiger partial charge in [0.25, 0.3) is 0 Å². The van der Waals surface area contributed by atoms with Crippen molar-refractivity contribution < 1.29 is 4.79 Å². The topological polar surface area (TPSA) is 23.6 Å².